The standard InChI is InChI=1S/C27H22N4O4/c28-29-27(25-7-3-1-5-21(25)17-19-9-13-23(14-10-19)30(32)33)26-8-4-2-6-22(26)18-20-11-15-24(16-12-20)31(34)35/h1-16H,17-18,28H2. The van der Waals surface area contributed by atoms with Gasteiger partial charge in [0, 0.05) is 35.4 Å². The van der Waals surface area contributed by atoms with Gasteiger partial charge in [0.15, 0.2) is 0 Å². The second-order valence-corrected chi connectivity index (χ2v) is 7.99. The summed E-state index contributed by atoms with van der Waals surface area (Å²) in [4.78, 5) is 21.1. The smallest absolute Gasteiger partial charge is 0.269 e. The third-order valence-corrected chi connectivity index (χ3v) is 5.76. The number of nitro groups is 2. The lowest BCUT2D eigenvalue weighted by Gasteiger charge is -2.15. The molecular formula is C27H22N4O4. The van der Waals surface area contributed by atoms with Crippen LogP contribution in [0.4, 0.5) is 11.4 Å². The fourth-order valence-corrected chi connectivity index (χ4v) is 4.01. The van der Waals surface area contributed by atoms with E-state index < -0.39 is 9.85 Å². The average Bonchev–Trinajstić information content (AvgIpc) is 2.87. The van der Waals surface area contributed by atoms with Gasteiger partial charge in [0.2, 0.25) is 0 Å². The molecule has 0 saturated heterocycles. The minimum absolute atomic E-state index is 0.0476. The summed E-state index contributed by atoms with van der Waals surface area (Å²) in [6.07, 6.45) is 1.11. The Balaban J connectivity index is 1.66. The Labute approximate surface area is 201 Å². The van der Waals surface area contributed by atoms with Gasteiger partial charge in [-0.25, -0.2) is 0 Å². The van der Waals surface area contributed by atoms with Crippen molar-refractivity contribution in [2.45, 2.75) is 12.8 Å². The zero-order valence-electron chi connectivity index (χ0n) is 18.7. The van der Waals surface area contributed by atoms with E-state index in [4.69, 9.17) is 5.84 Å². The molecule has 4 rings (SSSR count). The van der Waals surface area contributed by atoms with Gasteiger partial charge in [-0.2, -0.15) is 5.10 Å². The van der Waals surface area contributed by atoms with E-state index in [-0.39, 0.29) is 11.4 Å². The topological polar surface area (TPSA) is 125 Å². The Morgan fingerprint density at radius 1 is 0.629 bits per heavy atom. The molecule has 0 bridgehead atoms. The maximum atomic E-state index is 11.0. The molecule has 2 N–H and O–H groups in total. The molecule has 0 saturated carbocycles. The Morgan fingerprint density at radius 3 is 1.34 bits per heavy atom. The van der Waals surface area contributed by atoms with Crippen LogP contribution in [0.3, 0.4) is 0 Å². The summed E-state index contributed by atoms with van der Waals surface area (Å²) < 4.78 is 0. The summed E-state index contributed by atoms with van der Waals surface area (Å²) in [7, 11) is 0. The summed E-state index contributed by atoms with van der Waals surface area (Å²) >= 11 is 0. The van der Waals surface area contributed by atoms with Crippen molar-refractivity contribution >= 4 is 17.1 Å². The third-order valence-electron chi connectivity index (χ3n) is 5.76. The Kier molecular flexibility index (Phi) is 6.92. The normalized spacial score (nSPS) is 10.5. The van der Waals surface area contributed by atoms with Crippen LogP contribution < -0.4 is 5.84 Å². The van der Waals surface area contributed by atoms with Crippen molar-refractivity contribution in [2.75, 3.05) is 0 Å². The molecule has 0 radical (unpaired) electrons. The highest BCUT2D eigenvalue weighted by Gasteiger charge is 2.16. The third kappa shape index (κ3) is 5.39. The van der Waals surface area contributed by atoms with Gasteiger partial charge >= 0.3 is 0 Å². The highest BCUT2D eigenvalue weighted by atomic mass is 16.6. The van der Waals surface area contributed by atoms with E-state index in [1.54, 1.807) is 24.3 Å². The number of rotatable bonds is 8. The first kappa shape index (κ1) is 23.3. The zero-order valence-corrected chi connectivity index (χ0v) is 18.7. The molecule has 0 amide bonds. The maximum Gasteiger partial charge on any atom is 0.269 e. The van der Waals surface area contributed by atoms with Gasteiger partial charge in [-0.15, -0.1) is 0 Å². The molecule has 8 heteroatoms. The molecule has 0 aliphatic rings. The monoisotopic (exact) mass is 466 g/mol. The fraction of sp³-hybridized carbons (Fsp3) is 0.0741. The van der Waals surface area contributed by atoms with E-state index in [0.717, 1.165) is 33.4 Å². The van der Waals surface area contributed by atoms with Crippen LogP contribution in [0.1, 0.15) is 33.4 Å². The average molecular weight is 466 g/mol. The Bertz CT molecular complexity index is 1290. The largest absolute Gasteiger partial charge is 0.323 e. The molecule has 0 heterocycles. The summed E-state index contributed by atoms with van der Waals surface area (Å²) in [6.45, 7) is 0. The first-order valence-corrected chi connectivity index (χ1v) is 10.9. The Hall–Kier alpha value is -4.85. The number of hydrogen-bond donors (Lipinski definition) is 1. The van der Waals surface area contributed by atoms with Crippen molar-refractivity contribution in [1.82, 2.24) is 0 Å². The van der Waals surface area contributed by atoms with Crippen LogP contribution in [-0.2, 0) is 12.8 Å². The molecule has 8 nitrogen and oxygen atoms in total. The van der Waals surface area contributed by atoms with Crippen molar-refractivity contribution in [3.8, 4) is 0 Å². The van der Waals surface area contributed by atoms with Gasteiger partial charge in [-0.1, -0.05) is 72.8 Å². The van der Waals surface area contributed by atoms with Crippen molar-refractivity contribution in [3.05, 3.63) is 151 Å². The molecule has 0 unspecified atom stereocenters. The van der Waals surface area contributed by atoms with Crippen molar-refractivity contribution in [2.24, 2.45) is 10.9 Å². The predicted octanol–water partition coefficient (Wildman–Crippen LogP) is 5.40. The van der Waals surface area contributed by atoms with E-state index in [2.05, 4.69) is 5.10 Å². The lowest BCUT2D eigenvalue weighted by atomic mass is 9.90. The minimum atomic E-state index is -0.418. The number of nitrogens with two attached hydrogens (primary N) is 1. The predicted molar refractivity (Wildman–Crippen MR) is 135 cm³/mol. The van der Waals surface area contributed by atoms with Crippen molar-refractivity contribution in [1.29, 1.82) is 0 Å². The molecule has 0 atom stereocenters. The highest BCUT2D eigenvalue weighted by molar-refractivity contribution is 6.14. The lowest BCUT2D eigenvalue weighted by Crippen LogP contribution is -2.12. The van der Waals surface area contributed by atoms with Gasteiger partial charge in [0.25, 0.3) is 11.4 Å². The van der Waals surface area contributed by atoms with E-state index in [9.17, 15) is 20.2 Å². The van der Waals surface area contributed by atoms with Crippen LogP contribution in [0.2, 0.25) is 0 Å². The second kappa shape index (κ2) is 10.4. The molecule has 0 aliphatic carbocycles. The maximum absolute atomic E-state index is 11.0. The molecule has 4 aromatic carbocycles. The van der Waals surface area contributed by atoms with Gasteiger partial charge < -0.3 is 5.84 Å². The summed E-state index contributed by atoms with van der Waals surface area (Å²) in [5.74, 6) is 5.91. The Morgan fingerprint density at radius 2 is 1.00 bits per heavy atom. The lowest BCUT2D eigenvalue weighted by molar-refractivity contribution is -0.385. The van der Waals surface area contributed by atoms with Crippen molar-refractivity contribution < 1.29 is 9.85 Å². The van der Waals surface area contributed by atoms with E-state index >= 15 is 0 Å². The number of benzene rings is 4. The van der Waals surface area contributed by atoms with E-state index in [1.165, 1.54) is 24.3 Å². The van der Waals surface area contributed by atoms with Crippen LogP contribution in [0.15, 0.2) is 102 Å². The van der Waals surface area contributed by atoms with Crippen LogP contribution in [0, 0.1) is 20.2 Å². The number of non-ortho nitro benzene ring substituents is 2. The fourth-order valence-electron chi connectivity index (χ4n) is 4.01. The molecule has 174 valence electrons. The quantitative estimate of drug-likeness (QED) is 0.161. The SMILES string of the molecule is NN=C(c1ccccc1Cc1ccc([N+](=O)[O-])cc1)c1ccccc1Cc1ccc([N+](=O)[O-])cc1. The van der Waals surface area contributed by atoms with Crippen LogP contribution in [0.5, 0.6) is 0 Å². The molecule has 0 aromatic heterocycles. The summed E-state index contributed by atoms with van der Waals surface area (Å²) in [5, 5.41) is 26.1. The van der Waals surface area contributed by atoms with Crippen LogP contribution >= 0.6 is 0 Å². The van der Waals surface area contributed by atoms with Gasteiger partial charge in [-0.3, -0.25) is 20.2 Å². The first-order valence-electron chi connectivity index (χ1n) is 10.9. The number of nitro benzene ring substituents is 2. The van der Waals surface area contributed by atoms with E-state index in [0.29, 0.717) is 18.6 Å². The minimum Gasteiger partial charge on any atom is -0.323 e. The zero-order chi connectivity index (χ0) is 24.8. The van der Waals surface area contributed by atoms with Gasteiger partial charge in [0.05, 0.1) is 15.6 Å². The van der Waals surface area contributed by atoms with Crippen LogP contribution in [0.25, 0.3) is 0 Å². The van der Waals surface area contributed by atoms with Gasteiger partial charge in [0.1, 0.15) is 0 Å². The summed E-state index contributed by atoms with van der Waals surface area (Å²) in [5.41, 5.74) is 6.27. The molecule has 4 aromatic rings. The summed E-state index contributed by atoms with van der Waals surface area (Å²) in [6, 6.07) is 28.5. The molecule has 0 fully saturated rings. The molecule has 0 aliphatic heterocycles. The number of hydrogen-bond acceptors (Lipinski definition) is 6. The number of hydrazone groups is 1. The van der Waals surface area contributed by atoms with Gasteiger partial charge in [-0.05, 0) is 35.1 Å². The number of nitrogens with zero attached hydrogens (tertiary/aromatic N) is 3. The highest BCUT2D eigenvalue weighted by Crippen LogP contribution is 2.24. The van der Waals surface area contributed by atoms with Crippen molar-refractivity contribution in [3.63, 3.8) is 0 Å². The first-order chi connectivity index (χ1) is 17.0. The van der Waals surface area contributed by atoms with E-state index in [1.807, 2.05) is 48.5 Å². The molecular weight excluding hydrogens is 444 g/mol. The second-order valence-electron chi connectivity index (χ2n) is 7.99. The molecule has 35 heavy (non-hydrogen) atoms. The van der Waals surface area contributed by atoms with Crippen LogP contribution in [-0.4, -0.2) is 15.6 Å². The molecule has 0 spiro atoms.